The predicted molar refractivity (Wildman–Crippen MR) is 104 cm³/mol. The molecule has 0 radical (unpaired) electrons. The first-order chi connectivity index (χ1) is 13.0. The van der Waals surface area contributed by atoms with Gasteiger partial charge in [0.2, 0.25) is 5.95 Å². The number of benzene rings is 1. The fraction of sp³-hybridized carbons (Fsp3) is 0.316. The van der Waals surface area contributed by atoms with E-state index in [1.165, 1.54) is 0 Å². The second-order valence-electron chi connectivity index (χ2n) is 6.22. The number of phenolic OH excluding ortho intramolecular Hbond substituents is 1. The molecule has 8 nitrogen and oxygen atoms in total. The molecule has 8 heteroatoms. The number of nitrogens with zero attached hydrogens (tertiary/aromatic N) is 6. The molecule has 140 valence electrons. The van der Waals surface area contributed by atoms with E-state index in [-0.39, 0.29) is 17.6 Å². The van der Waals surface area contributed by atoms with Crippen molar-refractivity contribution in [3.05, 3.63) is 53.4 Å². The molecule has 3 aromatic rings. The molecule has 0 saturated carbocycles. The lowest BCUT2D eigenvalue weighted by molar-refractivity contribution is 0.474. The third-order valence-corrected chi connectivity index (χ3v) is 4.12. The van der Waals surface area contributed by atoms with Crippen molar-refractivity contribution in [3.8, 4) is 5.75 Å². The third-order valence-electron chi connectivity index (χ3n) is 4.12. The lowest BCUT2D eigenvalue weighted by atomic mass is 10.1. The zero-order chi connectivity index (χ0) is 19.4. The Balaban J connectivity index is 1.82. The molecular weight excluding hydrogens is 342 g/mol. The molecule has 0 spiro atoms. The average molecular weight is 365 g/mol. The summed E-state index contributed by atoms with van der Waals surface area (Å²) in [6.07, 6.45) is 3.47. The number of imidazole rings is 1. The van der Waals surface area contributed by atoms with E-state index in [4.69, 9.17) is 5.73 Å². The standard InChI is InChI=1S/C19H23N7O/c1-4-17-21-12(2)11-26(17)10-9-16-23-18(20)25-19(24-16)22-13(3)14-7-5-6-8-15(14)27/h5-8,11,27H,4,9-10H2,1-3H3,(H2,20,23,24,25). The highest BCUT2D eigenvalue weighted by atomic mass is 16.3. The summed E-state index contributed by atoms with van der Waals surface area (Å²) < 4.78 is 2.10. The van der Waals surface area contributed by atoms with Gasteiger partial charge in [-0.1, -0.05) is 19.1 Å². The summed E-state index contributed by atoms with van der Waals surface area (Å²) >= 11 is 0. The van der Waals surface area contributed by atoms with E-state index in [0.717, 1.165) is 17.9 Å². The molecule has 0 bridgehead atoms. The van der Waals surface area contributed by atoms with Gasteiger partial charge >= 0.3 is 0 Å². The van der Waals surface area contributed by atoms with Crippen LogP contribution in [0.4, 0.5) is 11.9 Å². The predicted octanol–water partition coefficient (Wildman–Crippen LogP) is 2.61. The van der Waals surface area contributed by atoms with Crippen LogP contribution in [0.2, 0.25) is 0 Å². The maximum atomic E-state index is 9.96. The van der Waals surface area contributed by atoms with Crippen LogP contribution < -0.4 is 5.73 Å². The molecule has 0 amide bonds. The SMILES string of the molecule is CCc1nc(C)cn1CCc1nc(N)nc(N=C(C)c2ccccc2O)n1. The highest BCUT2D eigenvalue weighted by Crippen LogP contribution is 2.19. The fourth-order valence-corrected chi connectivity index (χ4v) is 2.87. The summed E-state index contributed by atoms with van der Waals surface area (Å²) in [5.41, 5.74) is 8.05. The Hall–Kier alpha value is -3.29. The van der Waals surface area contributed by atoms with Gasteiger partial charge in [-0.2, -0.15) is 15.0 Å². The second kappa shape index (κ2) is 7.94. The van der Waals surface area contributed by atoms with Crippen LogP contribution in [0.3, 0.4) is 0 Å². The number of aromatic hydroxyl groups is 1. The molecule has 2 heterocycles. The molecule has 2 aromatic heterocycles. The zero-order valence-corrected chi connectivity index (χ0v) is 15.7. The average Bonchev–Trinajstić information content (AvgIpc) is 2.99. The van der Waals surface area contributed by atoms with Crippen LogP contribution in [-0.2, 0) is 19.4 Å². The normalized spacial score (nSPS) is 11.7. The van der Waals surface area contributed by atoms with Crippen molar-refractivity contribution in [1.29, 1.82) is 0 Å². The molecule has 27 heavy (non-hydrogen) atoms. The van der Waals surface area contributed by atoms with E-state index in [2.05, 4.69) is 36.4 Å². The lowest BCUT2D eigenvalue weighted by Gasteiger charge is -2.07. The smallest absolute Gasteiger partial charge is 0.254 e. The van der Waals surface area contributed by atoms with Crippen LogP contribution in [0.15, 0.2) is 35.5 Å². The van der Waals surface area contributed by atoms with Crippen molar-refractivity contribution in [2.24, 2.45) is 4.99 Å². The molecule has 3 N–H and O–H groups in total. The first-order valence-electron chi connectivity index (χ1n) is 8.83. The quantitative estimate of drug-likeness (QED) is 0.649. The Labute approximate surface area is 157 Å². The van der Waals surface area contributed by atoms with E-state index in [0.29, 0.717) is 30.1 Å². The number of anilines is 1. The second-order valence-corrected chi connectivity index (χ2v) is 6.22. The summed E-state index contributed by atoms with van der Waals surface area (Å²) in [6.45, 7) is 6.55. The molecule has 0 aliphatic heterocycles. The number of rotatable bonds is 6. The molecule has 3 rings (SSSR count). The minimum absolute atomic E-state index is 0.126. The summed E-state index contributed by atoms with van der Waals surface area (Å²) in [6, 6.07) is 6.99. The van der Waals surface area contributed by atoms with Crippen LogP contribution in [0, 0.1) is 6.92 Å². The Morgan fingerprint density at radius 1 is 1.19 bits per heavy atom. The van der Waals surface area contributed by atoms with Crippen molar-refractivity contribution in [2.45, 2.75) is 40.2 Å². The first kappa shape index (κ1) is 18.5. The maximum absolute atomic E-state index is 9.96. The van der Waals surface area contributed by atoms with Gasteiger partial charge < -0.3 is 15.4 Å². The van der Waals surface area contributed by atoms with Gasteiger partial charge in [0.05, 0.1) is 11.4 Å². The van der Waals surface area contributed by atoms with E-state index >= 15 is 0 Å². The van der Waals surface area contributed by atoms with Gasteiger partial charge in [-0.3, -0.25) is 0 Å². The largest absolute Gasteiger partial charge is 0.507 e. The molecule has 0 aliphatic carbocycles. The van der Waals surface area contributed by atoms with Gasteiger partial charge in [0, 0.05) is 31.1 Å². The van der Waals surface area contributed by atoms with Gasteiger partial charge in [0.1, 0.15) is 17.4 Å². The molecule has 0 aliphatic rings. The van der Waals surface area contributed by atoms with Crippen molar-refractivity contribution in [2.75, 3.05) is 5.73 Å². The monoisotopic (exact) mass is 365 g/mol. The third kappa shape index (κ3) is 4.46. The minimum atomic E-state index is 0.126. The Morgan fingerprint density at radius 3 is 2.70 bits per heavy atom. The van der Waals surface area contributed by atoms with Gasteiger partial charge in [-0.25, -0.2) is 9.98 Å². The Bertz CT molecular complexity index is 978. The number of phenols is 1. The van der Waals surface area contributed by atoms with Gasteiger partial charge in [-0.05, 0) is 26.0 Å². The van der Waals surface area contributed by atoms with Crippen molar-refractivity contribution >= 4 is 17.6 Å². The molecule has 1 aromatic carbocycles. The number of aryl methyl sites for hydroxylation is 4. The lowest BCUT2D eigenvalue weighted by Crippen LogP contribution is -2.09. The summed E-state index contributed by atoms with van der Waals surface area (Å²) in [4.78, 5) is 21.6. The topological polar surface area (TPSA) is 115 Å². The molecule has 0 unspecified atom stereocenters. The van der Waals surface area contributed by atoms with E-state index in [1.54, 1.807) is 25.1 Å². The van der Waals surface area contributed by atoms with Crippen LogP contribution >= 0.6 is 0 Å². The van der Waals surface area contributed by atoms with Crippen molar-refractivity contribution in [3.63, 3.8) is 0 Å². The molecular formula is C19H23N7O. The van der Waals surface area contributed by atoms with Crippen LogP contribution in [0.5, 0.6) is 5.75 Å². The summed E-state index contributed by atoms with van der Waals surface area (Å²) in [5.74, 6) is 2.11. The number of nitrogen functional groups attached to an aromatic ring is 1. The first-order valence-corrected chi connectivity index (χ1v) is 8.83. The number of aliphatic imine (C=N–C) groups is 1. The number of hydrogen-bond acceptors (Lipinski definition) is 7. The number of para-hydroxylation sites is 1. The molecule has 0 atom stereocenters. The van der Waals surface area contributed by atoms with Crippen LogP contribution in [-0.4, -0.2) is 35.3 Å². The Kier molecular flexibility index (Phi) is 5.44. The Morgan fingerprint density at radius 2 is 1.96 bits per heavy atom. The number of aromatic nitrogens is 5. The van der Waals surface area contributed by atoms with Gasteiger partial charge in [-0.15, -0.1) is 0 Å². The number of nitrogens with two attached hydrogens (primary N) is 1. The maximum Gasteiger partial charge on any atom is 0.254 e. The summed E-state index contributed by atoms with van der Waals surface area (Å²) in [7, 11) is 0. The number of hydrogen-bond donors (Lipinski definition) is 2. The highest BCUT2D eigenvalue weighted by molar-refractivity contribution is 6.02. The summed E-state index contributed by atoms with van der Waals surface area (Å²) in [5, 5.41) is 9.96. The van der Waals surface area contributed by atoms with Crippen molar-refractivity contribution < 1.29 is 5.11 Å². The van der Waals surface area contributed by atoms with Gasteiger partial charge in [0.25, 0.3) is 5.95 Å². The van der Waals surface area contributed by atoms with E-state index in [9.17, 15) is 5.11 Å². The molecule has 0 saturated heterocycles. The minimum Gasteiger partial charge on any atom is -0.507 e. The molecule has 0 fully saturated rings. The van der Waals surface area contributed by atoms with E-state index < -0.39 is 0 Å². The van der Waals surface area contributed by atoms with Crippen LogP contribution in [0.25, 0.3) is 0 Å². The van der Waals surface area contributed by atoms with E-state index in [1.807, 2.05) is 19.2 Å². The van der Waals surface area contributed by atoms with Gasteiger partial charge in [0.15, 0.2) is 0 Å². The fourth-order valence-electron chi connectivity index (χ4n) is 2.87. The van der Waals surface area contributed by atoms with Crippen molar-refractivity contribution in [1.82, 2.24) is 24.5 Å². The highest BCUT2D eigenvalue weighted by Gasteiger charge is 2.09. The van der Waals surface area contributed by atoms with Crippen LogP contribution in [0.1, 0.15) is 36.8 Å². The zero-order valence-electron chi connectivity index (χ0n) is 15.7.